The van der Waals surface area contributed by atoms with E-state index < -0.39 is 0 Å². The van der Waals surface area contributed by atoms with Crippen LogP contribution in [-0.4, -0.2) is 19.1 Å². The van der Waals surface area contributed by atoms with Crippen molar-refractivity contribution in [3.05, 3.63) is 167 Å². The molecule has 214 valence electrons. The van der Waals surface area contributed by atoms with Gasteiger partial charge in [-0.05, 0) is 48.9 Å². The van der Waals surface area contributed by atoms with Crippen LogP contribution in [0.25, 0.3) is 68.6 Å². The molecule has 8 rings (SSSR count). The Balaban J connectivity index is 1.48. The molecule has 0 N–H and O–H groups in total. The number of hydrogen-bond acceptors (Lipinski definition) is 2. The Hall–Kier alpha value is -6.00. The average molecular weight is 579 g/mol. The van der Waals surface area contributed by atoms with Crippen molar-refractivity contribution in [1.82, 2.24) is 19.1 Å². The zero-order valence-electron chi connectivity index (χ0n) is 24.9. The van der Waals surface area contributed by atoms with Crippen LogP contribution in [-0.2, 0) is 0 Å². The third kappa shape index (κ3) is 4.55. The summed E-state index contributed by atoms with van der Waals surface area (Å²) in [5.74, 6) is 0.624. The molecule has 5 aromatic carbocycles. The van der Waals surface area contributed by atoms with E-state index in [2.05, 4.69) is 132 Å². The maximum absolute atomic E-state index is 5.22. The Morgan fingerprint density at radius 1 is 0.556 bits per heavy atom. The van der Waals surface area contributed by atoms with Crippen LogP contribution in [0, 0.1) is 6.92 Å². The van der Waals surface area contributed by atoms with Gasteiger partial charge in [-0.15, -0.1) is 0 Å². The minimum atomic E-state index is 0.624. The summed E-state index contributed by atoms with van der Waals surface area (Å²) in [5.41, 5.74) is 9.27. The molecule has 0 radical (unpaired) electrons. The van der Waals surface area contributed by atoms with Gasteiger partial charge in [-0.1, -0.05) is 122 Å². The molecule has 0 unspecified atom stereocenters. The van der Waals surface area contributed by atoms with Gasteiger partial charge in [-0.3, -0.25) is 4.57 Å². The number of hydrogen-bond donors (Lipinski definition) is 0. The molecule has 0 aliphatic carbocycles. The van der Waals surface area contributed by atoms with Crippen LogP contribution in [0.2, 0.25) is 0 Å². The number of rotatable bonds is 5. The molecule has 0 saturated heterocycles. The number of aromatic nitrogens is 4. The number of aryl methyl sites for hydroxylation is 1. The SMILES string of the molecule is C=c1/c(=C\c2c(C)c3ccccc3n2-c2nc(-c3ccccc3)cc(-c3ccccc3)n2)n(-c2ccccc2)c2ccccc12. The highest BCUT2D eigenvalue weighted by molar-refractivity contribution is 5.90. The summed E-state index contributed by atoms with van der Waals surface area (Å²) in [7, 11) is 0. The molecule has 0 bridgehead atoms. The van der Waals surface area contributed by atoms with Crippen molar-refractivity contribution in [1.29, 1.82) is 0 Å². The monoisotopic (exact) mass is 578 g/mol. The highest BCUT2D eigenvalue weighted by Crippen LogP contribution is 2.31. The highest BCUT2D eigenvalue weighted by atomic mass is 15.2. The Labute approximate surface area is 261 Å². The first-order valence-electron chi connectivity index (χ1n) is 15.1. The predicted molar refractivity (Wildman–Crippen MR) is 186 cm³/mol. The molecule has 0 amide bonds. The maximum Gasteiger partial charge on any atom is 0.235 e. The van der Waals surface area contributed by atoms with Crippen LogP contribution in [0.1, 0.15) is 11.3 Å². The average Bonchev–Trinajstić information content (AvgIpc) is 3.55. The topological polar surface area (TPSA) is 35.6 Å². The number of para-hydroxylation sites is 3. The zero-order chi connectivity index (χ0) is 30.3. The van der Waals surface area contributed by atoms with E-state index >= 15 is 0 Å². The molecule has 0 fully saturated rings. The van der Waals surface area contributed by atoms with E-state index in [4.69, 9.17) is 9.97 Å². The Kier molecular flexibility index (Phi) is 6.46. The van der Waals surface area contributed by atoms with E-state index in [-0.39, 0.29) is 0 Å². The van der Waals surface area contributed by atoms with E-state index in [1.807, 2.05) is 42.5 Å². The van der Waals surface area contributed by atoms with E-state index in [0.717, 1.165) is 71.8 Å². The zero-order valence-corrected chi connectivity index (χ0v) is 24.9. The molecule has 0 atom stereocenters. The quantitative estimate of drug-likeness (QED) is 0.206. The normalized spacial score (nSPS) is 11.9. The summed E-state index contributed by atoms with van der Waals surface area (Å²) >= 11 is 0. The van der Waals surface area contributed by atoms with Crippen LogP contribution in [0.5, 0.6) is 0 Å². The smallest absolute Gasteiger partial charge is 0.235 e. The lowest BCUT2D eigenvalue weighted by Gasteiger charge is -2.13. The maximum atomic E-state index is 5.22. The highest BCUT2D eigenvalue weighted by Gasteiger charge is 2.19. The standard InChI is InChI=1S/C41H30N4/c1-28-33-22-12-14-24-37(33)44(32-20-10-5-11-21-32)39(28)27-40-29(2)34-23-13-15-25-38(34)45(40)41-42-35(30-16-6-3-7-17-30)26-36(43-41)31-18-8-4-9-19-31/h3-27H,1H2,2H3/b39-27+. The molecule has 0 aliphatic rings. The third-order valence-electron chi connectivity index (χ3n) is 8.54. The van der Waals surface area contributed by atoms with Gasteiger partial charge in [0.25, 0.3) is 0 Å². The fraction of sp³-hybridized carbons (Fsp3) is 0.0244. The summed E-state index contributed by atoms with van der Waals surface area (Å²) in [6.45, 7) is 6.77. The van der Waals surface area contributed by atoms with Crippen molar-refractivity contribution < 1.29 is 0 Å². The van der Waals surface area contributed by atoms with Crippen molar-refractivity contribution in [2.75, 3.05) is 0 Å². The van der Waals surface area contributed by atoms with Crippen LogP contribution in [0.4, 0.5) is 0 Å². The molecule has 3 heterocycles. The van der Waals surface area contributed by atoms with Crippen molar-refractivity contribution in [2.45, 2.75) is 6.92 Å². The van der Waals surface area contributed by atoms with E-state index in [0.29, 0.717) is 5.95 Å². The van der Waals surface area contributed by atoms with Crippen LogP contribution >= 0.6 is 0 Å². The number of benzene rings is 5. The predicted octanol–water partition coefficient (Wildman–Crippen LogP) is 8.25. The second-order valence-corrected chi connectivity index (χ2v) is 11.2. The van der Waals surface area contributed by atoms with Gasteiger partial charge < -0.3 is 4.57 Å². The van der Waals surface area contributed by atoms with Crippen molar-refractivity contribution in [3.8, 4) is 34.2 Å². The first-order valence-corrected chi connectivity index (χ1v) is 15.1. The van der Waals surface area contributed by atoms with E-state index in [1.165, 1.54) is 0 Å². The lowest BCUT2D eigenvalue weighted by Crippen LogP contribution is -2.28. The second-order valence-electron chi connectivity index (χ2n) is 11.2. The van der Waals surface area contributed by atoms with Gasteiger partial charge in [0.15, 0.2) is 0 Å². The van der Waals surface area contributed by atoms with E-state index in [9.17, 15) is 0 Å². The lowest BCUT2D eigenvalue weighted by atomic mass is 10.1. The van der Waals surface area contributed by atoms with Gasteiger partial charge in [0, 0.05) is 32.8 Å². The molecule has 0 aliphatic heterocycles. The molecular formula is C41H30N4. The third-order valence-corrected chi connectivity index (χ3v) is 8.54. The number of fused-ring (bicyclic) bond motifs is 2. The van der Waals surface area contributed by atoms with Gasteiger partial charge >= 0.3 is 0 Å². The van der Waals surface area contributed by atoms with Gasteiger partial charge in [-0.25, -0.2) is 9.97 Å². The molecular weight excluding hydrogens is 548 g/mol. The first kappa shape index (κ1) is 26.6. The largest absolute Gasteiger partial charge is 0.309 e. The summed E-state index contributed by atoms with van der Waals surface area (Å²) in [6, 6.07) is 50.2. The fourth-order valence-corrected chi connectivity index (χ4v) is 6.32. The van der Waals surface area contributed by atoms with Gasteiger partial charge in [0.2, 0.25) is 5.95 Å². The van der Waals surface area contributed by atoms with Crippen molar-refractivity contribution >= 4 is 34.5 Å². The summed E-state index contributed by atoms with van der Waals surface area (Å²) in [4.78, 5) is 10.4. The van der Waals surface area contributed by atoms with Gasteiger partial charge in [0.05, 0.1) is 33.5 Å². The van der Waals surface area contributed by atoms with Gasteiger partial charge in [0.1, 0.15) is 0 Å². The molecule has 4 nitrogen and oxygen atoms in total. The van der Waals surface area contributed by atoms with Gasteiger partial charge in [-0.2, -0.15) is 0 Å². The van der Waals surface area contributed by atoms with Crippen molar-refractivity contribution in [3.63, 3.8) is 0 Å². The summed E-state index contributed by atoms with van der Waals surface area (Å²) in [6.07, 6.45) is 2.26. The van der Waals surface area contributed by atoms with E-state index in [1.54, 1.807) is 0 Å². The van der Waals surface area contributed by atoms with Crippen LogP contribution < -0.4 is 10.6 Å². The van der Waals surface area contributed by atoms with Crippen LogP contribution in [0.3, 0.4) is 0 Å². The molecule has 8 aromatic rings. The molecule has 4 heteroatoms. The molecule has 45 heavy (non-hydrogen) atoms. The molecule has 0 spiro atoms. The summed E-state index contributed by atoms with van der Waals surface area (Å²) in [5, 5.41) is 4.29. The minimum absolute atomic E-state index is 0.624. The minimum Gasteiger partial charge on any atom is -0.309 e. The lowest BCUT2D eigenvalue weighted by molar-refractivity contribution is 0.952. The Morgan fingerprint density at radius 2 is 1.04 bits per heavy atom. The van der Waals surface area contributed by atoms with Crippen molar-refractivity contribution in [2.24, 2.45) is 0 Å². The summed E-state index contributed by atoms with van der Waals surface area (Å²) < 4.78 is 4.51. The second kappa shape index (κ2) is 10.9. The fourth-order valence-electron chi connectivity index (χ4n) is 6.32. The van der Waals surface area contributed by atoms with Crippen LogP contribution in [0.15, 0.2) is 146 Å². The number of nitrogens with zero attached hydrogens (tertiary/aromatic N) is 4. The Morgan fingerprint density at radius 3 is 1.64 bits per heavy atom. The molecule has 0 saturated carbocycles. The Bertz CT molecular complexity index is 2380. The molecule has 3 aromatic heterocycles. The first-order chi connectivity index (χ1) is 22.2.